The Kier molecular flexibility index (Phi) is 5.12. The Hall–Kier alpha value is -2.38. The van der Waals surface area contributed by atoms with Gasteiger partial charge in [-0.15, -0.1) is 12.4 Å². The van der Waals surface area contributed by atoms with E-state index in [0.717, 1.165) is 48.5 Å². The molecule has 3 aromatic rings. The van der Waals surface area contributed by atoms with Crippen LogP contribution in [-0.4, -0.2) is 38.3 Å². The van der Waals surface area contributed by atoms with Gasteiger partial charge in [0.25, 0.3) is 5.91 Å². The van der Waals surface area contributed by atoms with Gasteiger partial charge in [-0.25, -0.2) is 4.98 Å². The minimum Gasteiger partial charge on any atom is -0.331 e. The molecule has 1 atom stereocenters. The zero-order valence-corrected chi connectivity index (χ0v) is 16.7. The van der Waals surface area contributed by atoms with Crippen molar-refractivity contribution in [3.63, 3.8) is 0 Å². The third kappa shape index (κ3) is 3.52. The fourth-order valence-corrected chi connectivity index (χ4v) is 3.92. The molecular formula is C20H25ClN6O. The van der Waals surface area contributed by atoms with Crippen LogP contribution in [-0.2, 0) is 7.05 Å². The average Bonchev–Trinajstić information content (AvgIpc) is 3.31. The Balaban J connectivity index is 0.00000192. The molecule has 7 nitrogen and oxygen atoms in total. The van der Waals surface area contributed by atoms with Crippen LogP contribution in [0, 0.1) is 0 Å². The Morgan fingerprint density at radius 2 is 2.11 bits per heavy atom. The van der Waals surface area contributed by atoms with Gasteiger partial charge < -0.3 is 15.2 Å². The summed E-state index contributed by atoms with van der Waals surface area (Å²) in [7, 11) is 2.06. The van der Waals surface area contributed by atoms with Gasteiger partial charge in [0.15, 0.2) is 5.69 Å². The summed E-state index contributed by atoms with van der Waals surface area (Å²) in [6.45, 7) is 1.96. The zero-order chi connectivity index (χ0) is 18.4. The number of rotatable bonds is 4. The van der Waals surface area contributed by atoms with E-state index in [-0.39, 0.29) is 18.3 Å². The molecule has 28 heavy (non-hydrogen) atoms. The standard InChI is InChI=1S/C20H24N6O.ClH/c1-25-18-7-6-14(11-17(18)23-19(25)13-4-5-13)22-20(27)16-8-10-26(24-16)15-3-2-9-21-12-15;/h6-8,10-11,13,15,21H,2-5,9,12H2,1H3,(H,22,27);1H. The molecule has 0 spiro atoms. The molecule has 5 rings (SSSR count). The van der Waals surface area contributed by atoms with E-state index in [2.05, 4.69) is 27.3 Å². The summed E-state index contributed by atoms with van der Waals surface area (Å²) in [6, 6.07) is 8.01. The molecule has 1 aliphatic heterocycles. The third-order valence-corrected chi connectivity index (χ3v) is 5.60. The van der Waals surface area contributed by atoms with Gasteiger partial charge in [-0.2, -0.15) is 5.10 Å². The van der Waals surface area contributed by atoms with Crippen LogP contribution in [0.1, 0.15) is 54.0 Å². The summed E-state index contributed by atoms with van der Waals surface area (Å²) in [5, 5.41) is 10.8. The van der Waals surface area contributed by atoms with Gasteiger partial charge >= 0.3 is 0 Å². The molecule has 2 aromatic heterocycles. The van der Waals surface area contributed by atoms with Gasteiger partial charge in [0.1, 0.15) is 5.82 Å². The summed E-state index contributed by atoms with van der Waals surface area (Å²) in [5.41, 5.74) is 3.22. The second-order valence-electron chi connectivity index (χ2n) is 7.64. The van der Waals surface area contributed by atoms with E-state index in [1.54, 1.807) is 6.07 Å². The number of benzene rings is 1. The molecule has 2 aliphatic rings. The van der Waals surface area contributed by atoms with Crippen molar-refractivity contribution >= 4 is 35.0 Å². The van der Waals surface area contributed by atoms with Crippen molar-refractivity contribution in [3.05, 3.63) is 42.0 Å². The van der Waals surface area contributed by atoms with Crippen LogP contribution in [0.15, 0.2) is 30.5 Å². The molecule has 3 heterocycles. The van der Waals surface area contributed by atoms with Crippen LogP contribution < -0.4 is 10.6 Å². The lowest BCUT2D eigenvalue weighted by Gasteiger charge is -2.22. The van der Waals surface area contributed by atoms with Crippen LogP contribution in [0.2, 0.25) is 0 Å². The van der Waals surface area contributed by atoms with E-state index < -0.39 is 0 Å². The number of carbonyl (C=O) groups is 1. The van der Waals surface area contributed by atoms with Crippen molar-refractivity contribution in [1.29, 1.82) is 0 Å². The first-order chi connectivity index (χ1) is 13.2. The Morgan fingerprint density at radius 3 is 2.86 bits per heavy atom. The van der Waals surface area contributed by atoms with Gasteiger partial charge in [-0.3, -0.25) is 9.48 Å². The summed E-state index contributed by atoms with van der Waals surface area (Å²) in [5.74, 6) is 1.56. The molecule has 1 saturated carbocycles. The van der Waals surface area contributed by atoms with E-state index in [9.17, 15) is 4.79 Å². The first-order valence-electron chi connectivity index (χ1n) is 9.72. The van der Waals surface area contributed by atoms with E-state index >= 15 is 0 Å². The number of piperidine rings is 1. The highest BCUT2D eigenvalue weighted by Crippen LogP contribution is 2.40. The van der Waals surface area contributed by atoms with Crippen molar-refractivity contribution in [1.82, 2.24) is 24.6 Å². The SMILES string of the molecule is Cl.Cn1c(C2CC2)nc2cc(NC(=O)c3ccn(C4CCCNC4)n3)ccc21. The minimum absolute atomic E-state index is 0. The molecule has 1 aromatic carbocycles. The fraction of sp³-hybridized carbons (Fsp3) is 0.450. The molecule has 0 bridgehead atoms. The number of nitrogens with one attached hydrogen (secondary N) is 2. The van der Waals surface area contributed by atoms with Crippen molar-refractivity contribution in [3.8, 4) is 0 Å². The monoisotopic (exact) mass is 400 g/mol. The van der Waals surface area contributed by atoms with E-state index in [1.807, 2.05) is 29.1 Å². The van der Waals surface area contributed by atoms with Crippen LogP contribution in [0.3, 0.4) is 0 Å². The smallest absolute Gasteiger partial charge is 0.276 e. The lowest BCUT2D eigenvalue weighted by atomic mass is 10.1. The molecule has 0 radical (unpaired) electrons. The van der Waals surface area contributed by atoms with Gasteiger partial charge in [0.2, 0.25) is 0 Å². The fourth-order valence-electron chi connectivity index (χ4n) is 3.92. The number of aromatic nitrogens is 4. The number of nitrogens with zero attached hydrogens (tertiary/aromatic N) is 4. The number of anilines is 1. The first kappa shape index (κ1) is 19.0. The summed E-state index contributed by atoms with van der Waals surface area (Å²) in [6.07, 6.45) is 6.57. The summed E-state index contributed by atoms with van der Waals surface area (Å²) < 4.78 is 4.07. The predicted octanol–water partition coefficient (Wildman–Crippen LogP) is 3.25. The van der Waals surface area contributed by atoms with Crippen LogP contribution in [0.25, 0.3) is 11.0 Å². The minimum atomic E-state index is -0.185. The van der Waals surface area contributed by atoms with Gasteiger partial charge in [-0.1, -0.05) is 0 Å². The number of halogens is 1. The largest absolute Gasteiger partial charge is 0.331 e. The lowest BCUT2D eigenvalue weighted by Crippen LogP contribution is -2.32. The van der Waals surface area contributed by atoms with Crippen LogP contribution >= 0.6 is 12.4 Å². The normalized spacial score (nSPS) is 19.4. The Bertz CT molecular complexity index is 999. The first-order valence-corrected chi connectivity index (χ1v) is 9.72. The highest BCUT2D eigenvalue weighted by molar-refractivity contribution is 6.03. The van der Waals surface area contributed by atoms with E-state index in [0.29, 0.717) is 17.7 Å². The van der Waals surface area contributed by atoms with Crippen LogP contribution in [0.4, 0.5) is 5.69 Å². The Labute approximate surface area is 169 Å². The highest BCUT2D eigenvalue weighted by atomic mass is 35.5. The maximum Gasteiger partial charge on any atom is 0.276 e. The number of carbonyl (C=O) groups excluding carboxylic acids is 1. The highest BCUT2D eigenvalue weighted by Gasteiger charge is 2.28. The number of aryl methyl sites for hydroxylation is 1. The van der Waals surface area contributed by atoms with Gasteiger partial charge in [-0.05, 0) is 56.5 Å². The predicted molar refractivity (Wildman–Crippen MR) is 111 cm³/mol. The van der Waals surface area contributed by atoms with E-state index in [4.69, 9.17) is 4.98 Å². The molecule has 2 fully saturated rings. The second-order valence-corrected chi connectivity index (χ2v) is 7.64. The number of hydrogen-bond acceptors (Lipinski definition) is 4. The van der Waals surface area contributed by atoms with E-state index in [1.165, 1.54) is 12.8 Å². The molecule has 1 aliphatic carbocycles. The summed E-state index contributed by atoms with van der Waals surface area (Å²) >= 11 is 0. The van der Waals surface area contributed by atoms with Crippen molar-refractivity contribution < 1.29 is 4.79 Å². The molecule has 1 amide bonds. The third-order valence-electron chi connectivity index (χ3n) is 5.60. The van der Waals surface area contributed by atoms with Crippen molar-refractivity contribution in [2.75, 3.05) is 18.4 Å². The Morgan fingerprint density at radius 1 is 1.25 bits per heavy atom. The van der Waals surface area contributed by atoms with Gasteiger partial charge in [0, 0.05) is 31.4 Å². The van der Waals surface area contributed by atoms with Crippen molar-refractivity contribution in [2.24, 2.45) is 7.05 Å². The number of amides is 1. The quantitative estimate of drug-likeness (QED) is 0.704. The molecule has 1 saturated heterocycles. The molecular weight excluding hydrogens is 376 g/mol. The maximum atomic E-state index is 12.6. The maximum absolute atomic E-state index is 12.6. The second kappa shape index (κ2) is 7.56. The molecule has 8 heteroatoms. The lowest BCUT2D eigenvalue weighted by molar-refractivity contribution is 0.102. The van der Waals surface area contributed by atoms with Gasteiger partial charge in [0.05, 0.1) is 17.1 Å². The number of fused-ring (bicyclic) bond motifs is 1. The topological polar surface area (TPSA) is 76.8 Å². The number of hydrogen-bond donors (Lipinski definition) is 2. The molecule has 2 N–H and O–H groups in total. The van der Waals surface area contributed by atoms with Crippen LogP contribution in [0.5, 0.6) is 0 Å². The molecule has 148 valence electrons. The zero-order valence-electron chi connectivity index (χ0n) is 15.9. The van der Waals surface area contributed by atoms with Crippen molar-refractivity contribution in [2.45, 2.75) is 37.6 Å². The summed E-state index contributed by atoms with van der Waals surface area (Å²) in [4.78, 5) is 17.4. The molecule has 1 unspecified atom stereocenters. The average molecular weight is 401 g/mol. The number of imidazole rings is 1.